The summed E-state index contributed by atoms with van der Waals surface area (Å²) in [5.74, 6) is 1.03. The molecule has 16 heteroatoms. The van der Waals surface area contributed by atoms with E-state index in [-0.39, 0.29) is 31.2 Å². The maximum Gasteiger partial charge on any atom is 0.420 e. The van der Waals surface area contributed by atoms with Crippen LogP contribution in [0.15, 0.2) is 137 Å². The minimum absolute atomic E-state index is 0.0338. The van der Waals surface area contributed by atoms with Gasteiger partial charge >= 0.3 is 5.76 Å². The number of imidazole rings is 1. The number of anilines is 1. The van der Waals surface area contributed by atoms with Crippen LogP contribution in [0.2, 0.25) is 0 Å². The molecule has 3 aliphatic heterocycles. The third kappa shape index (κ3) is 10.4. The minimum atomic E-state index is -0.833. The van der Waals surface area contributed by atoms with Crippen LogP contribution in [0.25, 0.3) is 44.3 Å². The first-order chi connectivity index (χ1) is 38.5. The topological polar surface area (TPSA) is 164 Å². The molecule has 0 aliphatic carbocycles. The van der Waals surface area contributed by atoms with Crippen LogP contribution >= 0.6 is 0 Å². The molecule has 12 rings (SSSR count). The molecule has 0 spiro atoms. The first-order valence-electron chi connectivity index (χ1n) is 27.4. The largest absolute Gasteiger partial charge is 0.497 e. The van der Waals surface area contributed by atoms with Crippen molar-refractivity contribution in [2.45, 2.75) is 82.6 Å². The van der Waals surface area contributed by atoms with Gasteiger partial charge in [-0.1, -0.05) is 48.5 Å². The Morgan fingerprint density at radius 2 is 1.43 bits per heavy atom. The van der Waals surface area contributed by atoms with Gasteiger partial charge in [-0.25, -0.2) is 14.8 Å². The third-order valence-electron chi connectivity index (χ3n) is 16.8. The van der Waals surface area contributed by atoms with Crippen LogP contribution in [0.4, 0.5) is 5.69 Å². The molecule has 7 heterocycles. The number of pyridine rings is 1. The van der Waals surface area contributed by atoms with E-state index in [2.05, 4.69) is 98.1 Å². The van der Waals surface area contributed by atoms with Gasteiger partial charge in [0.25, 0.3) is 11.8 Å². The van der Waals surface area contributed by atoms with Crippen molar-refractivity contribution in [1.29, 1.82) is 0 Å². The lowest BCUT2D eigenvalue weighted by molar-refractivity contribution is -0.151. The van der Waals surface area contributed by atoms with E-state index < -0.39 is 17.7 Å². The van der Waals surface area contributed by atoms with Crippen molar-refractivity contribution in [1.82, 2.24) is 38.8 Å². The van der Waals surface area contributed by atoms with Gasteiger partial charge in [-0.05, 0) is 176 Å². The van der Waals surface area contributed by atoms with Crippen LogP contribution in [-0.2, 0) is 47.6 Å². The zero-order valence-corrected chi connectivity index (χ0v) is 45.2. The molecular formula is C63H65N9O7. The summed E-state index contributed by atoms with van der Waals surface area (Å²) in [4.78, 5) is 74.6. The molecule has 3 fully saturated rings. The number of aryl methyl sites for hydroxylation is 1. The van der Waals surface area contributed by atoms with Crippen molar-refractivity contribution in [3.63, 3.8) is 0 Å². The lowest BCUT2D eigenvalue weighted by atomic mass is 9.88. The number of fused-ring (bicyclic) bond motifs is 3. The van der Waals surface area contributed by atoms with E-state index >= 15 is 0 Å². The summed E-state index contributed by atoms with van der Waals surface area (Å²) in [5, 5.41) is 1.14. The molecule has 3 aliphatic rings. The molecular weight excluding hydrogens is 995 g/mol. The highest BCUT2D eigenvalue weighted by molar-refractivity contribution is 6.06. The van der Waals surface area contributed by atoms with E-state index in [9.17, 15) is 19.2 Å². The van der Waals surface area contributed by atoms with E-state index in [1.165, 1.54) is 26.3 Å². The fourth-order valence-electron chi connectivity index (χ4n) is 12.2. The maximum absolute atomic E-state index is 13.8. The number of aromatic amines is 1. The van der Waals surface area contributed by atoms with Crippen LogP contribution in [0, 0.1) is 0 Å². The fraction of sp³-hybridized carbons (Fsp3) is 0.333. The summed E-state index contributed by atoms with van der Waals surface area (Å²) in [7, 11) is 7.22. The predicted octanol–water partition coefficient (Wildman–Crippen LogP) is 10.1. The summed E-state index contributed by atoms with van der Waals surface area (Å²) in [6.07, 6.45) is 6.38. The fourth-order valence-corrected chi connectivity index (χ4v) is 12.2. The number of H-pyrrole nitrogens is 1. The number of likely N-dealkylation sites (tertiary alicyclic amines) is 3. The molecule has 4 aromatic heterocycles. The van der Waals surface area contributed by atoms with Crippen molar-refractivity contribution in [2.75, 3.05) is 52.3 Å². The number of ether oxygens (including phenoxy) is 2. The number of carbonyl (C=O) groups excluding carboxylic acids is 3. The Labute approximate surface area is 458 Å². The average Bonchev–Trinajstić information content (AvgIpc) is 4.31. The maximum atomic E-state index is 13.8. The SMILES string of the molecule is COCc1nc2ccc(-c3ccnc4c3cc(CN3CCC(c5ccc(C(=O)N(C)c6ccc(C7CCN(Cc8ccc9c(c8)oc(=O)n9C8CCC(=O)N(Cc9ccc(OC)cc9)C8=O)CC7)cc6)cc5)CC3)n4C)cc2[nH]1. The van der Waals surface area contributed by atoms with E-state index in [0.29, 0.717) is 47.4 Å². The number of oxazole rings is 1. The van der Waals surface area contributed by atoms with Gasteiger partial charge in [0.05, 0.1) is 30.2 Å². The summed E-state index contributed by atoms with van der Waals surface area (Å²) in [6, 6.07) is 39.6. The molecule has 404 valence electrons. The van der Waals surface area contributed by atoms with Gasteiger partial charge in [0.15, 0.2) is 5.58 Å². The van der Waals surface area contributed by atoms with Gasteiger partial charge in [-0.2, -0.15) is 0 Å². The number of amides is 3. The summed E-state index contributed by atoms with van der Waals surface area (Å²) in [5.41, 5.74) is 13.3. The van der Waals surface area contributed by atoms with Crippen LogP contribution in [0.3, 0.4) is 0 Å². The smallest absolute Gasteiger partial charge is 0.420 e. The monoisotopic (exact) mass is 1060 g/mol. The number of aromatic nitrogens is 5. The van der Waals surface area contributed by atoms with Gasteiger partial charge in [0, 0.05) is 69.2 Å². The minimum Gasteiger partial charge on any atom is -0.497 e. The molecule has 1 unspecified atom stereocenters. The second kappa shape index (κ2) is 21.9. The molecule has 16 nitrogen and oxygen atoms in total. The van der Waals surface area contributed by atoms with E-state index in [4.69, 9.17) is 18.9 Å². The number of benzene rings is 5. The number of methoxy groups -OCH3 is 2. The number of imide groups is 1. The zero-order chi connectivity index (χ0) is 54.3. The van der Waals surface area contributed by atoms with Crippen molar-refractivity contribution >= 4 is 56.6 Å². The molecule has 79 heavy (non-hydrogen) atoms. The Balaban J connectivity index is 0.613. The number of nitrogens with one attached hydrogen (secondary N) is 1. The highest BCUT2D eigenvalue weighted by Gasteiger charge is 2.38. The molecule has 0 saturated carbocycles. The van der Waals surface area contributed by atoms with Crippen molar-refractivity contribution in [3.05, 3.63) is 177 Å². The average molecular weight is 1060 g/mol. The summed E-state index contributed by atoms with van der Waals surface area (Å²) in [6.45, 7) is 5.91. The standard InChI is InChI=1S/C63H65N9O7/c1-67-49(35-52-51(23-28-64-60(52)67)47-14-19-53-54(34-47)66-58(65-53)39-77-3)38-70-31-26-44(27-32-70)42-8-10-46(11-9-42)61(74)68(2)48-15-12-43(13-16-48)45-24-29-69(30-25-45)36-41-7-20-55-57(33-41)79-63(76)72(55)56-21-22-59(73)71(62(56)75)37-40-5-17-50(78-4)18-6-40/h5-20,23,28,33-35,44-45,56H,21-22,24-27,29-32,36-39H2,1-4H3,(H,65,66). The lowest BCUT2D eigenvalue weighted by Gasteiger charge is -2.32. The van der Waals surface area contributed by atoms with E-state index in [1.807, 2.05) is 55.7 Å². The second-order valence-corrected chi connectivity index (χ2v) is 21.6. The number of rotatable bonds is 15. The molecule has 3 saturated heterocycles. The molecule has 3 amide bonds. The van der Waals surface area contributed by atoms with Crippen LogP contribution in [-0.4, -0.2) is 104 Å². The number of nitrogens with zero attached hydrogens (tertiary/aromatic N) is 8. The Hall–Kier alpha value is -8.18. The number of carbonyl (C=O) groups is 3. The third-order valence-corrected chi connectivity index (χ3v) is 16.8. The van der Waals surface area contributed by atoms with Gasteiger partial charge in [-0.3, -0.25) is 33.7 Å². The summed E-state index contributed by atoms with van der Waals surface area (Å²) >= 11 is 0. The molecule has 1 atom stereocenters. The highest BCUT2D eigenvalue weighted by atomic mass is 16.5. The van der Waals surface area contributed by atoms with Gasteiger partial charge in [-0.15, -0.1) is 0 Å². The Morgan fingerprint density at radius 3 is 2.13 bits per heavy atom. The highest BCUT2D eigenvalue weighted by Crippen LogP contribution is 2.36. The first kappa shape index (κ1) is 51.6. The molecule has 9 aromatic rings. The Kier molecular flexibility index (Phi) is 14.3. The van der Waals surface area contributed by atoms with E-state index in [0.717, 1.165) is 114 Å². The molecule has 1 N–H and O–H groups in total. The van der Waals surface area contributed by atoms with Crippen LogP contribution in [0.5, 0.6) is 5.75 Å². The second-order valence-electron chi connectivity index (χ2n) is 21.6. The molecule has 0 bridgehead atoms. The van der Waals surface area contributed by atoms with Crippen LogP contribution in [0.1, 0.15) is 101 Å². The van der Waals surface area contributed by atoms with Gasteiger partial charge in [0.1, 0.15) is 29.9 Å². The Bertz CT molecular complexity index is 3770. The number of piperidine rings is 3. The van der Waals surface area contributed by atoms with Crippen molar-refractivity contribution < 1.29 is 28.3 Å². The van der Waals surface area contributed by atoms with Crippen molar-refractivity contribution in [3.8, 4) is 16.9 Å². The molecule has 0 radical (unpaired) electrons. The summed E-state index contributed by atoms with van der Waals surface area (Å²) < 4.78 is 19.9. The lowest BCUT2D eigenvalue weighted by Crippen LogP contribution is -2.46. The quantitative estimate of drug-likeness (QED) is 0.0972. The normalized spacial score (nSPS) is 17.2. The van der Waals surface area contributed by atoms with E-state index in [1.54, 1.807) is 31.3 Å². The van der Waals surface area contributed by atoms with Crippen molar-refractivity contribution in [2.24, 2.45) is 7.05 Å². The van der Waals surface area contributed by atoms with Gasteiger partial charge < -0.3 is 28.3 Å². The predicted molar refractivity (Wildman–Crippen MR) is 304 cm³/mol. The zero-order valence-electron chi connectivity index (χ0n) is 45.2. The number of hydrogen-bond donors (Lipinski definition) is 1. The van der Waals surface area contributed by atoms with Crippen LogP contribution < -0.4 is 15.4 Å². The van der Waals surface area contributed by atoms with Gasteiger partial charge in [0.2, 0.25) is 5.91 Å². The molecule has 5 aromatic carbocycles. The first-order valence-corrected chi connectivity index (χ1v) is 27.4. The number of hydrogen-bond acceptors (Lipinski definition) is 11. The Morgan fingerprint density at radius 1 is 0.747 bits per heavy atom.